The highest BCUT2D eigenvalue weighted by atomic mass is 35.5. The summed E-state index contributed by atoms with van der Waals surface area (Å²) in [5, 5.41) is -0.608. The third-order valence-electron chi connectivity index (χ3n) is 1.22. The van der Waals surface area contributed by atoms with Crippen LogP contribution in [0, 0.1) is 0 Å². The summed E-state index contributed by atoms with van der Waals surface area (Å²) < 4.78 is 0. The first-order chi connectivity index (χ1) is 3.64. The van der Waals surface area contributed by atoms with E-state index in [-0.39, 0.29) is 21.5 Å². The lowest BCUT2D eigenvalue weighted by atomic mass is 9.97. The molecule has 0 atom stereocenters. The van der Waals surface area contributed by atoms with Gasteiger partial charge < -0.3 is 0 Å². The van der Waals surface area contributed by atoms with Crippen LogP contribution in [0.25, 0.3) is 0 Å². The van der Waals surface area contributed by atoms with Crippen LogP contribution in [0.3, 0.4) is 0 Å². The molecular formula is C4H4Cl4. The Morgan fingerprint density at radius 2 is 0.625 bits per heavy atom. The molecule has 1 saturated carbocycles. The van der Waals surface area contributed by atoms with Crippen LogP contribution < -0.4 is 0 Å². The second-order valence-corrected chi connectivity index (χ2v) is 3.79. The van der Waals surface area contributed by atoms with Crippen molar-refractivity contribution in [3.05, 3.63) is 0 Å². The van der Waals surface area contributed by atoms with Crippen LogP contribution in [-0.2, 0) is 0 Å². The van der Waals surface area contributed by atoms with Crippen LogP contribution in [0.5, 0.6) is 0 Å². The quantitative estimate of drug-likeness (QED) is 0.519. The van der Waals surface area contributed by atoms with Crippen LogP contribution in [0.2, 0.25) is 0 Å². The van der Waals surface area contributed by atoms with Gasteiger partial charge in [-0.2, -0.15) is 0 Å². The number of alkyl halides is 4. The van der Waals surface area contributed by atoms with E-state index in [1.165, 1.54) is 0 Å². The van der Waals surface area contributed by atoms with E-state index in [0.29, 0.717) is 0 Å². The molecule has 0 unspecified atom stereocenters. The summed E-state index contributed by atoms with van der Waals surface area (Å²) in [5.41, 5.74) is 0. The first kappa shape index (κ1) is 7.27. The Labute approximate surface area is 68.0 Å². The fourth-order valence-corrected chi connectivity index (χ4v) is 2.11. The van der Waals surface area contributed by atoms with E-state index in [1.54, 1.807) is 0 Å². The molecular weight excluding hydrogens is 190 g/mol. The molecule has 0 radical (unpaired) electrons. The number of rotatable bonds is 0. The molecule has 0 saturated heterocycles. The first-order valence-corrected chi connectivity index (χ1v) is 3.95. The summed E-state index contributed by atoms with van der Waals surface area (Å²) in [6.45, 7) is 0. The zero-order chi connectivity index (χ0) is 6.31. The third-order valence-corrected chi connectivity index (χ3v) is 3.90. The van der Waals surface area contributed by atoms with Crippen LogP contribution >= 0.6 is 46.4 Å². The number of hydrogen-bond donors (Lipinski definition) is 0. The molecule has 0 aromatic carbocycles. The fourth-order valence-electron chi connectivity index (χ4n) is 0.557. The maximum Gasteiger partial charge on any atom is 0.0693 e. The van der Waals surface area contributed by atoms with E-state index in [9.17, 15) is 0 Å². The standard InChI is InChI=1S/C4H4Cl4/c5-1-2(6)4(8)3(1)7/h1-4H. The molecule has 1 aliphatic rings. The molecule has 0 amide bonds. The minimum absolute atomic E-state index is 0.152. The summed E-state index contributed by atoms with van der Waals surface area (Å²) in [6, 6.07) is 0. The van der Waals surface area contributed by atoms with Crippen LogP contribution in [0.4, 0.5) is 0 Å². The van der Waals surface area contributed by atoms with E-state index < -0.39 is 0 Å². The maximum atomic E-state index is 5.60. The van der Waals surface area contributed by atoms with Gasteiger partial charge in [-0.15, -0.1) is 46.4 Å². The van der Waals surface area contributed by atoms with Crippen molar-refractivity contribution >= 4 is 46.4 Å². The van der Waals surface area contributed by atoms with Gasteiger partial charge in [0.05, 0.1) is 21.5 Å². The Hall–Kier alpha value is 1.16. The van der Waals surface area contributed by atoms with Gasteiger partial charge in [0.15, 0.2) is 0 Å². The summed E-state index contributed by atoms with van der Waals surface area (Å²) in [7, 11) is 0. The molecule has 8 heavy (non-hydrogen) atoms. The van der Waals surface area contributed by atoms with Gasteiger partial charge in [-0.25, -0.2) is 0 Å². The third kappa shape index (κ3) is 0.923. The molecule has 1 fully saturated rings. The number of halogens is 4. The molecule has 0 aromatic heterocycles. The largest absolute Gasteiger partial charge is 0.120 e. The van der Waals surface area contributed by atoms with Gasteiger partial charge in [0, 0.05) is 0 Å². The molecule has 48 valence electrons. The first-order valence-electron chi connectivity index (χ1n) is 2.21. The Morgan fingerprint density at radius 3 is 0.750 bits per heavy atom. The van der Waals surface area contributed by atoms with Crippen molar-refractivity contribution in [3.8, 4) is 0 Å². The van der Waals surface area contributed by atoms with Crippen molar-refractivity contribution in [1.82, 2.24) is 0 Å². The van der Waals surface area contributed by atoms with Gasteiger partial charge in [-0.3, -0.25) is 0 Å². The van der Waals surface area contributed by atoms with Crippen molar-refractivity contribution in [2.24, 2.45) is 0 Å². The summed E-state index contributed by atoms with van der Waals surface area (Å²) in [4.78, 5) is 0. The fraction of sp³-hybridized carbons (Fsp3) is 1.00. The second-order valence-electron chi connectivity index (χ2n) is 1.78. The molecule has 0 nitrogen and oxygen atoms in total. The summed E-state index contributed by atoms with van der Waals surface area (Å²) in [6.07, 6.45) is 0. The van der Waals surface area contributed by atoms with E-state index in [2.05, 4.69) is 0 Å². The van der Waals surface area contributed by atoms with Gasteiger partial charge in [0.25, 0.3) is 0 Å². The normalized spacial score (nSPS) is 55.5. The highest BCUT2D eigenvalue weighted by Gasteiger charge is 2.46. The van der Waals surface area contributed by atoms with E-state index in [1.807, 2.05) is 0 Å². The topological polar surface area (TPSA) is 0 Å². The highest BCUT2D eigenvalue weighted by molar-refractivity contribution is 6.44. The Bertz CT molecular complexity index is 62.0. The van der Waals surface area contributed by atoms with E-state index in [0.717, 1.165) is 0 Å². The number of hydrogen-bond acceptors (Lipinski definition) is 0. The van der Waals surface area contributed by atoms with Gasteiger partial charge in [-0.1, -0.05) is 0 Å². The Balaban J connectivity index is 2.42. The molecule has 0 aliphatic heterocycles. The molecule has 0 heterocycles. The van der Waals surface area contributed by atoms with Crippen molar-refractivity contribution in [2.45, 2.75) is 21.5 Å². The van der Waals surface area contributed by atoms with Crippen LogP contribution in [-0.4, -0.2) is 21.5 Å². The van der Waals surface area contributed by atoms with Crippen LogP contribution in [0.1, 0.15) is 0 Å². The second kappa shape index (κ2) is 2.42. The van der Waals surface area contributed by atoms with Crippen LogP contribution in [0.15, 0.2) is 0 Å². The molecule has 0 aromatic rings. The predicted molar refractivity (Wildman–Crippen MR) is 38.6 cm³/mol. The summed E-state index contributed by atoms with van der Waals surface area (Å²) in [5.74, 6) is 0. The lowest BCUT2D eigenvalue weighted by Gasteiger charge is -2.37. The van der Waals surface area contributed by atoms with Crippen molar-refractivity contribution in [2.75, 3.05) is 0 Å². The Kier molecular flexibility index (Phi) is 2.19. The van der Waals surface area contributed by atoms with Crippen molar-refractivity contribution < 1.29 is 0 Å². The zero-order valence-electron chi connectivity index (χ0n) is 3.82. The lowest BCUT2D eigenvalue weighted by molar-refractivity contribution is 0.544. The van der Waals surface area contributed by atoms with Gasteiger partial charge in [0.1, 0.15) is 0 Å². The molecule has 0 bridgehead atoms. The van der Waals surface area contributed by atoms with Gasteiger partial charge in [-0.05, 0) is 0 Å². The molecule has 0 N–H and O–H groups in total. The molecule has 1 rings (SSSR count). The maximum absolute atomic E-state index is 5.60. The van der Waals surface area contributed by atoms with Gasteiger partial charge in [0.2, 0.25) is 0 Å². The molecule has 4 heteroatoms. The molecule has 0 spiro atoms. The minimum Gasteiger partial charge on any atom is -0.120 e. The summed E-state index contributed by atoms with van der Waals surface area (Å²) >= 11 is 22.4. The predicted octanol–water partition coefficient (Wildman–Crippen LogP) is 2.43. The smallest absolute Gasteiger partial charge is 0.0693 e. The van der Waals surface area contributed by atoms with Crippen molar-refractivity contribution in [1.29, 1.82) is 0 Å². The zero-order valence-corrected chi connectivity index (χ0v) is 6.84. The van der Waals surface area contributed by atoms with E-state index in [4.69, 9.17) is 46.4 Å². The van der Waals surface area contributed by atoms with E-state index >= 15 is 0 Å². The minimum atomic E-state index is -0.152. The monoisotopic (exact) mass is 192 g/mol. The Morgan fingerprint density at radius 1 is 0.500 bits per heavy atom. The van der Waals surface area contributed by atoms with Crippen molar-refractivity contribution in [3.63, 3.8) is 0 Å². The highest BCUT2D eigenvalue weighted by Crippen LogP contribution is 2.39. The lowest BCUT2D eigenvalue weighted by Crippen LogP contribution is -2.52. The molecule has 1 aliphatic carbocycles. The average Bonchev–Trinajstić information content (AvgIpc) is 1.83. The SMILES string of the molecule is ClC1C(Cl)C(Cl)C1Cl. The average molecular weight is 194 g/mol. The van der Waals surface area contributed by atoms with Gasteiger partial charge >= 0.3 is 0 Å².